The van der Waals surface area contributed by atoms with Gasteiger partial charge in [0.15, 0.2) is 5.78 Å². The van der Waals surface area contributed by atoms with Crippen molar-refractivity contribution in [3.63, 3.8) is 0 Å². The van der Waals surface area contributed by atoms with Crippen LogP contribution in [0.1, 0.15) is 22.8 Å². The number of carbonyl (C=O) groups is 2. The first-order valence-corrected chi connectivity index (χ1v) is 4.78. The molecule has 1 aromatic carbocycles. The van der Waals surface area contributed by atoms with Gasteiger partial charge in [0.2, 0.25) is 0 Å². The summed E-state index contributed by atoms with van der Waals surface area (Å²) in [5.74, 6) is -0.408. The molecule has 0 aliphatic carbocycles. The topological polar surface area (TPSA) is 43.4 Å². The van der Waals surface area contributed by atoms with Crippen molar-refractivity contribution >= 4 is 23.4 Å². The van der Waals surface area contributed by atoms with Gasteiger partial charge in [0.1, 0.15) is 0 Å². The van der Waals surface area contributed by atoms with E-state index in [0.29, 0.717) is 16.1 Å². The molecule has 0 atom stereocenters. The third kappa shape index (κ3) is 3.06. The second-order valence-corrected chi connectivity index (χ2v) is 3.52. The van der Waals surface area contributed by atoms with Crippen molar-refractivity contribution in [2.45, 2.75) is 13.3 Å². The van der Waals surface area contributed by atoms with Gasteiger partial charge in [-0.3, -0.25) is 9.59 Å². The summed E-state index contributed by atoms with van der Waals surface area (Å²) < 4.78 is 4.52. The standard InChI is InChI=1S/C11H11ClO3/c1-7(13)8-3-4-9(10(12)5-8)6-11(14)15-2/h3-5H,6H2,1-2H3. The molecule has 3 nitrogen and oxygen atoms in total. The Bertz CT molecular complexity index is 399. The second-order valence-electron chi connectivity index (χ2n) is 3.12. The predicted octanol–water partition coefficient (Wildman–Crippen LogP) is 2.26. The zero-order valence-corrected chi connectivity index (χ0v) is 9.30. The predicted molar refractivity (Wildman–Crippen MR) is 57.2 cm³/mol. The Morgan fingerprint density at radius 3 is 2.53 bits per heavy atom. The first-order chi connectivity index (χ1) is 7.04. The van der Waals surface area contributed by atoms with E-state index in [9.17, 15) is 9.59 Å². The fourth-order valence-electron chi connectivity index (χ4n) is 1.14. The molecule has 15 heavy (non-hydrogen) atoms. The molecule has 80 valence electrons. The van der Waals surface area contributed by atoms with Crippen LogP contribution in [-0.2, 0) is 16.0 Å². The van der Waals surface area contributed by atoms with Crippen LogP contribution in [0.4, 0.5) is 0 Å². The number of halogens is 1. The Morgan fingerprint density at radius 2 is 2.07 bits per heavy atom. The minimum atomic E-state index is -0.354. The molecule has 0 spiro atoms. The van der Waals surface area contributed by atoms with E-state index in [1.54, 1.807) is 18.2 Å². The Labute approximate surface area is 93.0 Å². The molecule has 0 aliphatic rings. The number of esters is 1. The summed E-state index contributed by atoms with van der Waals surface area (Å²) in [6.45, 7) is 1.46. The van der Waals surface area contributed by atoms with Gasteiger partial charge in [-0.1, -0.05) is 23.7 Å². The molecule has 1 aromatic rings. The lowest BCUT2D eigenvalue weighted by molar-refractivity contribution is -0.139. The van der Waals surface area contributed by atoms with Crippen molar-refractivity contribution in [3.8, 4) is 0 Å². The van der Waals surface area contributed by atoms with Crippen molar-refractivity contribution in [2.24, 2.45) is 0 Å². The average Bonchev–Trinajstić information content (AvgIpc) is 2.20. The molecule has 0 fully saturated rings. The molecule has 0 aromatic heterocycles. The molecule has 0 amide bonds. The highest BCUT2D eigenvalue weighted by atomic mass is 35.5. The first kappa shape index (κ1) is 11.7. The molecular formula is C11H11ClO3. The molecule has 0 bridgehead atoms. The first-order valence-electron chi connectivity index (χ1n) is 4.40. The van der Waals surface area contributed by atoms with Crippen LogP contribution < -0.4 is 0 Å². The molecule has 0 aliphatic heterocycles. The Balaban J connectivity index is 2.93. The molecule has 0 radical (unpaired) electrons. The highest BCUT2D eigenvalue weighted by molar-refractivity contribution is 6.31. The van der Waals surface area contributed by atoms with E-state index in [1.165, 1.54) is 14.0 Å². The van der Waals surface area contributed by atoms with Crippen LogP contribution >= 0.6 is 11.6 Å². The number of carbonyl (C=O) groups excluding carboxylic acids is 2. The van der Waals surface area contributed by atoms with Crippen LogP contribution in [0.2, 0.25) is 5.02 Å². The summed E-state index contributed by atoms with van der Waals surface area (Å²) in [5.41, 5.74) is 1.20. The molecule has 0 unspecified atom stereocenters. The zero-order valence-electron chi connectivity index (χ0n) is 8.54. The van der Waals surface area contributed by atoms with Crippen LogP contribution in [0.25, 0.3) is 0 Å². The SMILES string of the molecule is COC(=O)Cc1ccc(C(C)=O)cc1Cl. The number of rotatable bonds is 3. The maximum atomic E-state index is 11.0. The smallest absolute Gasteiger partial charge is 0.310 e. The number of ketones is 1. The van der Waals surface area contributed by atoms with Crippen LogP contribution in [0.3, 0.4) is 0 Å². The maximum Gasteiger partial charge on any atom is 0.310 e. The summed E-state index contributed by atoms with van der Waals surface area (Å²) in [6.07, 6.45) is 0.119. The molecular weight excluding hydrogens is 216 g/mol. The highest BCUT2D eigenvalue weighted by Crippen LogP contribution is 2.19. The molecule has 0 N–H and O–H groups in total. The lowest BCUT2D eigenvalue weighted by atomic mass is 10.1. The van der Waals surface area contributed by atoms with Gasteiger partial charge in [0.25, 0.3) is 0 Å². The van der Waals surface area contributed by atoms with E-state index in [1.807, 2.05) is 0 Å². The van der Waals surface area contributed by atoms with Gasteiger partial charge in [-0.25, -0.2) is 0 Å². The normalized spacial score (nSPS) is 9.80. The zero-order chi connectivity index (χ0) is 11.4. The fourth-order valence-corrected chi connectivity index (χ4v) is 1.38. The van der Waals surface area contributed by atoms with E-state index in [0.717, 1.165) is 0 Å². The van der Waals surface area contributed by atoms with Gasteiger partial charge in [0.05, 0.1) is 13.5 Å². The van der Waals surface area contributed by atoms with Gasteiger partial charge < -0.3 is 4.74 Å². The van der Waals surface area contributed by atoms with E-state index in [4.69, 9.17) is 11.6 Å². The van der Waals surface area contributed by atoms with Crippen LogP contribution in [0.5, 0.6) is 0 Å². The van der Waals surface area contributed by atoms with E-state index >= 15 is 0 Å². The maximum absolute atomic E-state index is 11.0. The Hall–Kier alpha value is -1.35. The summed E-state index contributed by atoms with van der Waals surface area (Å²) in [6, 6.07) is 4.87. The number of hydrogen-bond donors (Lipinski definition) is 0. The lowest BCUT2D eigenvalue weighted by Gasteiger charge is -2.04. The summed E-state index contributed by atoms with van der Waals surface area (Å²) in [7, 11) is 1.32. The van der Waals surface area contributed by atoms with Crippen molar-refractivity contribution in [1.29, 1.82) is 0 Å². The number of ether oxygens (including phenoxy) is 1. The van der Waals surface area contributed by atoms with Crippen molar-refractivity contribution in [3.05, 3.63) is 34.3 Å². The van der Waals surface area contributed by atoms with Crippen LogP contribution in [0.15, 0.2) is 18.2 Å². The van der Waals surface area contributed by atoms with E-state index in [2.05, 4.69) is 4.74 Å². The summed E-state index contributed by atoms with van der Waals surface area (Å²) in [5, 5.41) is 0.410. The Morgan fingerprint density at radius 1 is 1.40 bits per heavy atom. The van der Waals surface area contributed by atoms with E-state index < -0.39 is 0 Å². The third-order valence-electron chi connectivity index (χ3n) is 2.02. The molecule has 0 saturated heterocycles. The minimum Gasteiger partial charge on any atom is -0.469 e. The van der Waals surface area contributed by atoms with E-state index in [-0.39, 0.29) is 18.2 Å². The average molecular weight is 227 g/mol. The highest BCUT2D eigenvalue weighted by Gasteiger charge is 2.08. The van der Waals surface area contributed by atoms with Gasteiger partial charge in [-0.2, -0.15) is 0 Å². The molecule has 0 heterocycles. The van der Waals surface area contributed by atoms with Gasteiger partial charge in [-0.15, -0.1) is 0 Å². The fraction of sp³-hybridized carbons (Fsp3) is 0.273. The van der Waals surface area contributed by atoms with Crippen LogP contribution in [-0.4, -0.2) is 18.9 Å². The van der Waals surface area contributed by atoms with Crippen molar-refractivity contribution in [2.75, 3.05) is 7.11 Å². The third-order valence-corrected chi connectivity index (χ3v) is 2.37. The lowest BCUT2D eigenvalue weighted by Crippen LogP contribution is -2.05. The van der Waals surface area contributed by atoms with Gasteiger partial charge >= 0.3 is 5.97 Å². The Kier molecular flexibility index (Phi) is 3.86. The monoisotopic (exact) mass is 226 g/mol. The largest absolute Gasteiger partial charge is 0.469 e. The van der Waals surface area contributed by atoms with Gasteiger partial charge in [0, 0.05) is 10.6 Å². The second kappa shape index (κ2) is 4.94. The van der Waals surface area contributed by atoms with Crippen LogP contribution in [0, 0.1) is 0 Å². The summed E-state index contributed by atoms with van der Waals surface area (Å²) >= 11 is 5.91. The van der Waals surface area contributed by atoms with Gasteiger partial charge in [-0.05, 0) is 18.6 Å². The molecule has 0 saturated carbocycles. The number of methoxy groups -OCH3 is 1. The number of Topliss-reactive ketones (excluding diaryl/α,β-unsaturated/α-hetero) is 1. The molecule has 4 heteroatoms. The van der Waals surface area contributed by atoms with Crippen molar-refractivity contribution < 1.29 is 14.3 Å². The summed E-state index contributed by atoms with van der Waals surface area (Å²) in [4.78, 5) is 22.0. The number of hydrogen-bond acceptors (Lipinski definition) is 3. The number of benzene rings is 1. The van der Waals surface area contributed by atoms with Crippen molar-refractivity contribution in [1.82, 2.24) is 0 Å². The molecule has 1 rings (SSSR count). The minimum absolute atomic E-state index is 0.0541. The quantitative estimate of drug-likeness (QED) is 0.587.